The molecule has 1 aliphatic rings. The van der Waals surface area contributed by atoms with Crippen LogP contribution in [0.15, 0.2) is 24.3 Å². The van der Waals surface area contributed by atoms with E-state index in [2.05, 4.69) is 0 Å². The lowest BCUT2D eigenvalue weighted by Crippen LogP contribution is -2.45. The van der Waals surface area contributed by atoms with Crippen LogP contribution >= 0.6 is 0 Å². The number of benzene rings is 1. The number of carbonyl (C=O) groups excluding carboxylic acids is 2. The summed E-state index contributed by atoms with van der Waals surface area (Å²) in [6, 6.07) is 7.65. The molecule has 1 aromatic carbocycles. The molecule has 1 heterocycles. The molecule has 0 bridgehead atoms. The van der Waals surface area contributed by atoms with Crippen LogP contribution in [0.4, 0.5) is 5.69 Å². The first-order valence-corrected chi connectivity index (χ1v) is 7.56. The molecule has 2 rings (SSSR count). The maximum absolute atomic E-state index is 12.1. The largest absolute Gasteiger partial charge is 0.459 e. The van der Waals surface area contributed by atoms with Crippen LogP contribution in [0.1, 0.15) is 45.6 Å². The molecular weight excluding hydrogens is 280 g/mol. The molecular formula is C17H24N2O3. The molecule has 0 unspecified atom stereocenters. The van der Waals surface area contributed by atoms with E-state index in [-0.39, 0.29) is 30.4 Å². The van der Waals surface area contributed by atoms with Crippen LogP contribution in [0, 0.1) is 0 Å². The number of hydrogen-bond acceptors (Lipinski definition) is 4. The second-order valence-electron chi connectivity index (χ2n) is 6.81. The number of rotatable bonds is 3. The number of carbonyl (C=O) groups is 2. The zero-order valence-corrected chi connectivity index (χ0v) is 13.6. The number of anilines is 1. The number of nitrogens with zero attached hydrogens (tertiary/aromatic N) is 1. The first kappa shape index (κ1) is 16.3. The third kappa shape index (κ3) is 3.59. The highest BCUT2D eigenvalue weighted by molar-refractivity contribution is 5.86. The third-order valence-electron chi connectivity index (χ3n) is 3.79. The van der Waals surface area contributed by atoms with Crippen molar-refractivity contribution in [3.8, 4) is 0 Å². The van der Waals surface area contributed by atoms with E-state index in [0.717, 1.165) is 11.3 Å². The van der Waals surface area contributed by atoms with Crippen LogP contribution in [0.5, 0.6) is 0 Å². The van der Waals surface area contributed by atoms with E-state index in [1.165, 1.54) is 0 Å². The molecule has 0 spiro atoms. The van der Waals surface area contributed by atoms with Gasteiger partial charge in [0.15, 0.2) is 0 Å². The van der Waals surface area contributed by atoms with Crippen molar-refractivity contribution in [1.82, 2.24) is 0 Å². The van der Waals surface area contributed by atoms with Crippen molar-refractivity contribution in [2.45, 2.75) is 51.7 Å². The molecule has 0 saturated carbocycles. The Morgan fingerprint density at radius 3 is 2.55 bits per heavy atom. The highest BCUT2D eigenvalue weighted by Crippen LogP contribution is 2.38. The molecule has 2 atom stereocenters. The highest BCUT2D eigenvalue weighted by atomic mass is 16.6. The Bertz CT molecular complexity index is 578. The van der Waals surface area contributed by atoms with Crippen LogP contribution in [0.25, 0.3) is 0 Å². The molecule has 22 heavy (non-hydrogen) atoms. The van der Waals surface area contributed by atoms with Crippen molar-refractivity contribution in [3.63, 3.8) is 0 Å². The van der Waals surface area contributed by atoms with Gasteiger partial charge in [0.1, 0.15) is 12.1 Å². The quantitative estimate of drug-likeness (QED) is 0.869. The highest BCUT2D eigenvalue weighted by Gasteiger charge is 2.34. The van der Waals surface area contributed by atoms with Gasteiger partial charge in [-0.1, -0.05) is 18.2 Å². The molecule has 1 aromatic rings. The Balaban J connectivity index is 2.27. The molecule has 0 aliphatic carbocycles. The van der Waals surface area contributed by atoms with E-state index in [0.29, 0.717) is 6.42 Å². The van der Waals surface area contributed by atoms with E-state index in [9.17, 15) is 9.59 Å². The molecule has 0 fully saturated rings. The van der Waals surface area contributed by atoms with Crippen molar-refractivity contribution in [1.29, 1.82) is 0 Å². The molecule has 1 amide bonds. The topological polar surface area (TPSA) is 72.6 Å². The zero-order chi connectivity index (χ0) is 16.5. The Kier molecular flexibility index (Phi) is 4.44. The van der Waals surface area contributed by atoms with Gasteiger partial charge in [-0.3, -0.25) is 9.59 Å². The Labute approximate surface area is 131 Å². The van der Waals surface area contributed by atoms with Crippen molar-refractivity contribution in [2.75, 3.05) is 11.4 Å². The zero-order valence-electron chi connectivity index (χ0n) is 13.6. The van der Waals surface area contributed by atoms with Gasteiger partial charge in [0.05, 0.1) is 5.92 Å². The van der Waals surface area contributed by atoms with E-state index < -0.39 is 5.60 Å². The molecule has 0 saturated heterocycles. The van der Waals surface area contributed by atoms with Crippen LogP contribution in [0.2, 0.25) is 0 Å². The number of amides is 1. The van der Waals surface area contributed by atoms with Crippen LogP contribution < -0.4 is 10.6 Å². The first-order chi connectivity index (χ1) is 10.2. The second kappa shape index (κ2) is 5.99. The molecule has 0 aromatic heterocycles. The second-order valence-corrected chi connectivity index (χ2v) is 6.81. The van der Waals surface area contributed by atoms with Gasteiger partial charge in [0.25, 0.3) is 0 Å². The van der Waals surface area contributed by atoms with Gasteiger partial charge in [-0.25, -0.2) is 0 Å². The van der Waals surface area contributed by atoms with Crippen LogP contribution in [0.3, 0.4) is 0 Å². The average Bonchev–Trinajstić information content (AvgIpc) is 2.39. The summed E-state index contributed by atoms with van der Waals surface area (Å²) in [5.74, 6) is -0.899. The standard InChI is InChI=1S/C17H24N2O3/c1-11-9-13(16(18)21)12-7-5-6-8-14(12)19(11)10-15(20)22-17(2,3)4/h5-8,11,13H,9-10H2,1-4H3,(H2,18,21)/t11-,13+/m1/s1. The Morgan fingerprint density at radius 2 is 1.95 bits per heavy atom. The number of esters is 1. The summed E-state index contributed by atoms with van der Waals surface area (Å²) in [6.07, 6.45) is 0.606. The van der Waals surface area contributed by atoms with Crippen molar-refractivity contribution in [2.24, 2.45) is 5.73 Å². The molecule has 5 heteroatoms. The number of nitrogens with two attached hydrogens (primary N) is 1. The SMILES string of the molecule is C[C@@H]1C[C@H](C(N)=O)c2ccccc2N1CC(=O)OC(C)(C)C. The lowest BCUT2D eigenvalue weighted by molar-refractivity contribution is -0.153. The minimum absolute atomic E-state index is 0.0416. The fourth-order valence-corrected chi connectivity index (χ4v) is 2.90. The lowest BCUT2D eigenvalue weighted by Gasteiger charge is -2.39. The summed E-state index contributed by atoms with van der Waals surface area (Å²) in [5, 5.41) is 0. The minimum atomic E-state index is -0.509. The summed E-state index contributed by atoms with van der Waals surface area (Å²) in [5.41, 5.74) is 6.79. The first-order valence-electron chi connectivity index (χ1n) is 7.56. The fourth-order valence-electron chi connectivity index (χ4n) is 2.90. The number of para-hydroxylation sites is 1. The van der Waals surface area contributed by atoms with E-state index in [1.54, 1.807) is 0 Å². The normalized spacial score (nSPS) is 21.2. The Hall–Kier alpha value is -2.04. The summed E-state index contributed by atoms with van der Waals surface area (Å²) < 4.78 is 5.41. The summed E-state index contributed by atoms with van der Waals surface area (Å²) in [7, 11) is 0. The number of primary amides is 1. The Morgan fingerprint density at radius 1 is 1.32 bits per heavy atom. The number of fused-ring (bicyclic) bond motifs is 1. The fraction of sp³-hybridized carbons (Fsp3) is 0.529. The third-order valence-corrected chi connectivity index (χ3v) is 3.79. The van der Waals surface area contributed by atoms with Gasteiger partial charge < -0.3 is 15.4 Å². The van der Waals surface area contributed by atoms with Gasteiger partial charge >= 0.3 is 5.97 Å². The van der Waals surface area contributed by atoms with Gasteiger partial charge in [0.2, 0.25) is 5.91 Å². The minimum Gasteiger partial charge on any atom is -0.459 e. The maximum Gasteiger partial charge on any atom is 0.326 e. The molecule has 120 valence electrons. The van der Waals surface area contributed by atoms with Crippen molar-refractivity contribution in [3.05, 3.63) is 29.8 Å². The predicted octanol–water partition coefficient (Wildman–Crippen LogP) is 2.20. The monoisotopic (exact) mass is 304 g/mol. The van der Waals surface area contributed by atoms with Gasteiger partial charge in [-0.2, -0.15) is 0 Å². The summed E-state index contributed by atoms with van der Waals surface area (Å²) in [4.78, 5) is 25.8. The smallest absolute Gasteiger partial charge is 0.326 e. The molecule has 2 N–H and O–H groups in total. The lowest BCUT2D eigenvalue weighted by atomic mass is 9.85. The molecule has 0 radical (unpaired) electrons. The van der Waals surface area contributed by atoms with Gasteiger partial charge in [-0.15, -0.1) is 0 Å². The molecule has 1 aliphatic heterocycles. The van der Waals surface area contributed by atoms with E-state index >= 15 is 0 Å². The summed E-state index contributed by atoms with van der Waals surface area (Å²) in [6.45, 7) is 7.71. The van der Waals surface area contributed by atoms with Gasteiger partial charge in [-0.05, 0) is 45.7 Å². The van der Waals surface area contributed by atoms with Crippen molar-refractivity contribution >= 4 is 17.6 Å². The summed E-state index contributed by atoms with van der Waals surface area (Å²) >= 11 is 0. The number of ether oxygens (including phenoxy) is 1. The average molecular weight is 304 g/mol. The van der Waals surface area contributed by atoms with E-state index in [4.69, 9.17) is 10.5 Å². The van der Waals surface area contributed by atoms with Crippen LogP contribution in [-0.4, -0.2) is 30.1 Å². The van der Waals surface area contributed by atoms with Crippen molar-refractivity contribution < 1.29 is 14.3 Å². The van der Waals surface area contributed by atoms with Crippen LogP contribution in [-0.2, 0) is 14.3 Å². The molecule has 5 nitrogen and oxygen atoms in total. The predicted molar refractivity (Wildman–Crippen MR) is 85.6 cm³/mol. The maximum atomic E-state index is 12.1. The van der Waals surface area contributed by atoms with E-state index in [1.807, 2.05) is 56.9 Å². The van der Waals surface area contributed by atoms with Gasteiger partial charge in [0, 0.05) is 11.7 Å². The number of hydrogen-bond donors (Lipinski definition) is 1.